The Morgan fingerprint density at radius 3 is 0.773 bits per heavy atom. The molecule has 0 bridgehead atoms. The maximum atomic E-state index is 6.72. The maximum absolute atomic E-state index is 6.72. The fourth-order valence-electron chi connectivity index (χ4n) is 20.8. The standard InChI is InChI=1S/2C45H27N3O2.C44H26N4O2/c1-2-9-29(10-3-1)39-26-40(48-45(47-39)30-20-18-28(19-21-30)32-11-8-24-46-27-32)31-22-23-34-36-14-7-16-38(44(36)50-42(34)25-31)37-15-6-13-35-33-12-4-5-17-41(33)49-43(35)37;1-2-10-30(11-3-1)45-47-39(29-21-19-28(20-22-29)38-17-6-7-25-46-38)27-40(48-45)31-23-24-33-35-14-9-16-37(44(35)50-42(33)26-31)36-15-8-13-34-32-12-4-5-18-41(32)49-43(34)36;1-2-10-40-32(5-1)34-6-3-8-36(42(34)49-40)37-9-4-7-35-33-16-15-31(25-41(33)50-43(35)37)44-47-38(26-39(48-44)30-19-23-46-24-20-30)29-13-11-27(12-14-29)28-17-21-45-22-18-28/h2*1-27H;1-26H. The molecule has 0 amide bonds. The molecule has 0 saturated carbocycles. The highest BCUT2D eigenvalue weighted by Gasteiger charge is 2.26. The van der Waals surface area contributed by atoms with Crippen molar-refractivity contribution in [2.75, 3.05) is 0 Å². The zero-order chi connectivity index (χ0) is 99.1. The highest BCUT2D eigenvalue weighted by Crippen LogP contribution is 2.48. The van der Waals surface area contributed by atoms with E-state index < -0.39 is 0 Å². The number of pyridine rings is 4. The summed E-state index contributed by atoms with van der Waals surface area (Å²) in [5, 5.41) is 12.9. The van der Waals surface area contributed by atoms with Crippen LogP contribution in [0.5, 0.6) is 0 Å². The summed E-state index contributed by atoms with van der Waals surface area (Å²) < 4.78 is 39.3. The zero-order valence-electron chi connectivity index (χ0n) is 80.1. The molecule has 0 radical (unpaired) electrons. The van der Waals surface area contributed by atoms with Gasteiger partial charge in [-0.15, -0.1) is 0 Å². The summed E-state index contributed by atoms with van der Waals surface area (Å²) in [6.45, 7) is 0. The largest absolute Gasteiger partial charge is 0.455 e. The van der Waals surface area contributed by atoms with Crippen molar-refractivity contribution in [1.29, 1.82) is 0 Å². The third-order valence-electron chi connectivity index (χ3n) is 28.2. The number of rotatable bonds is 15. The van der Waals surface area contributed by atoms with Gasteiger partial charge in [-0.05, 0) is 138 Å². The van der Waals surface area contributed by atoms with Crippen molar-refractivity contribution in [3.63, 3.8) is 0 Å². The van der Waals surface area contributed by atoms with Gasteiger partial charge < -0.3 is 26.5 Å². The first kappa shape index (κ1) is 87.2. The van der Waals surface area contributed by atoms with Crippen molar-refractivity contribution < 1.29 is 26.5 Å². The van der Waals surface area contributed by atoms with Crippen molar-refractivity contribution in [2.45, 2.75) is 0 Å². The summed E-state index contributed by atoms with van der Waals surface area (Å²) in [6, 6.07) is 151. The van der Waals surface area contributed by atoms with Gasteiger partial charge in [0.25, 0.3) is 0 Å². The van der Waals surface area contributed by atoms with E-state index >= 15 is 0 Å². The number of nitrogens with zero attached hydrogens (tertiary/aromatic N) is 10. The van der Waals surface area contributed by atoms with E-state index in [9.17, 15) is 0 Å². The average molecular weight is 1930 g/mol. The smallest absolute Gasteiger partial charge is 0.160 e. The van der Waals surface area contributed by atoms with Gasteiger partial charge in [0.1, 0.15) is 67.0 Å². The number of fused-ring (bicyclic) bond motifs is 18. The van der Waals surface area contributed by atoms with Gasteiger partial charge in [-0.25, -0.2) is 29.9 Å². The van der Waals surface area contributed by atoms with Gasteiger partial charge in [0.15, 0.2) is 17.5 Å². The molecule has 0 N–H and O–H groups in total. The number of hydrogen-bond donors (Lipinski definition) is 0. The fourth-order valence-corrected chi connectivity index (χ4v) is 20.8. The van der Waals surface area contributed by atoms with Gasteiger partial charge >= 0.3 is 0 Å². The molecule has 13 aromatic heterocycles. The molecule has 30 aromatic rings. The van der Waals surface area contributed by atoms with Gasteiger partial charge in [0.2, 0.25) is 0 Å². The minimum absolute atomic E-state index is 0.613. The van der Waals surface area contributed by atoms with Crippen LogP contribution >= 0.6 is 0 Å². The minimum Gasteiger partial charge on any atom is -0.455 e. The monoisotopic (exact) mass is 1920 g/mol. The van der Waals surface area contributed by atoms with Crippen LogP contribution in [0.25, 0.3) is 300 Å². The van der Waals surface area contributed by atoms with Crippen LogP contribution < -0.4 is 0 Å². The van der Waals surface area contributed by atoms with Crippen molar-refractivity contribution in [2.24, 2.45) is 0 Å². The van der Waals surface area contributed by atoms with E-state index in [1.165, 1.54) is 0 Å². The summed E-state index contributed by atoms with van der Waals surface area (Å²) in [5.41, 5.74) is 36.0. The van der Waals surface area contributed by atoms with Gasteiger partial charge in [-0.2, -0.15) is 0 Å². The Morgan fingerprint density at radius 1 is 0.133 bits per heavy atom. The van der Waals surface area contributed by atoms with Gasteiger partial charge in [0.05, 0.1) is 39.9 Å². The molecule has 0 aliphatic rings. The first-order chi connectivity index (χ1) is 74.3. The molecule has 17 aromatic carbocycles. The fraction of sp³-hybridized carbons (Fsp3) is 0. The van der Waals surface area contributed by atoms with E-state index in [0.717, 1.165) is 283 Å². The average Bonchev–Trinajstić information content (AvgIpc) is 1.60. The van der Waals surface area contributed by atoms with E-state index in [-0.39, 0.29) is 0 Å². The lowest BCUT2D eigenvalue weighted by atomic mass is 9.99. The Balaban J connectivity index is 0.000000108. The van der Waals surface area contributed by atoms with E-state index in [1.807, 2.05) is 189 Å². The van der Waals surface area contributed by atoms with Crippen LogP contribution in [0.1, 0.15) is 0 Å². The number of furan rings is 6. The number of hydrogen-bond acceptors (Lipinski definition) is 16. The van der Waals surface area contributed by atoms with Crippen LogP contribution in [0.3, 0.4) is 0 Å². The van der Waals surface area contributed by atoms with Gasteiger partial charge in [-0.1, -0.05) is 328 Å². The lowest BCUT2D eigenvalue weighted by Gasteiger charge is -2.10. The normalized spacial score (nSPS) is 11.6. The third-order valence-corrected chi connectivity index (χ3v) is 28.2. The summed E-state index contributed by atoms with van der Waals surface area (Å²) in [5.74, 6) is 1.94. The summed E-state index contributed by atoms with van der Waals surface area (Å²) in [4.78, 5) is 47.5. The van der Waals surface area contributed by atoms with Crippen LogP contribution in [0.15, 0.2) is 513 Å². The van der Waals surface area contributed by atoms with E-state index in [2.05, 4.69) is 299 Å². The Kier molecular flexibility index (Phi) is 21.5. The first-order valence-corrected chi connectivity index (χ1v) is 49.6. The van der Waals surface area contributed by atoms with Crippen LogP contribution in [-0.4, -0.2) is 49.8 Å². The summed E-state index contributed by atoms with van der Waals surface area (Å²) in [7, 11) is 0. The molecule has 0 aliphatic heterocycles. The molecule has 0 aliphatic carbocycles. The molecule has 0 spiro atoms. The van der Waals surface area contributed by atoms with Crippen molar-refractivity contribution in [1.82, 2.24) is 49.8 Å². The van der Waals surface area contributed by atoms with Crippen molar-refractivity contribution >= 4 is 132 Å². The number of para-hydroxylation sites is 9. The molecule has 16 nitrogen and oxygen atoms in total. The molecule has 13 heterocycles. The van der Waals surface area contributed by atoms with E-state index in [4.69, 9.17) is 56.4 Å². The van der Waals surface area contributed by atoms with Crippen molar-refractivity contribution in [3.05, 3.63) is 486 Å². The highest BCUT2D eigenvalue weighted by atomic mass is 16.4. The second-order valence-corrected chi connectivity index (χ2v) is 37.1. The molecule has 30 rings (SSSR count). The summed E-state index contributed by atoms with van der Waals surface area (Å²) in [6.07, 6.45) is 12.6. The highest BCUT2D eigenvalue weighted by molar-refractivity contribution is 6.19. The van der Waals surface area contributed by atoms with E-state index in [0.29, 0.717) is 17.5 Å². The lowest BCUT2D eigenvalue weighted by molar-refractivity contribution is 0.665. The zero-order valence-corrected chi connectivity index (χ0v) is 80.1. The topological polar surface area (TPSA) is 208 Å². The minimum atomic E-state index is 0.613. The Labute approximate surface area is 857 Å². The van der Waals surface area contributed by atoms with Crippen LogP contribution in [0.4, 0.5) is 0 Å². The Morgan fingerprint density at radius 2 is 0.393 bits per heavy atom. The number of benzene rings is 17. The van der Waals surface area contributed by atoms with Crippen LogP contribution in [0, 0.1) is 0 Å². The predicted molar refractivity (Wildman–Crippen MR) is 602 cm³/mol. The maximum Gasteiger partial charge on any atom is 0.160 e. The Hall–Kier alpha value is -20.6. The molecular formula is C134H80N10O6. The molecule has 0 unspecified atom stereocenters. The van der Waals surface area contributed by atoms with E-state index in [1.54, 1.807) is 18.6 Å². The van der Waals surface area contributed by atoms with Gasteiger partial charge in [0, 0.05) is 197 Å². The lowest BCUT2D eigenvalue weighted by Crippen LogP contribution is -1.96. The number of aromatic nitrogens is 10. The molecule has 702 valence electrons. The second-order valence-electron chi connectivity index (χ2n) is 37.1. The predicted octanol–water partition coefficient (Wildman–Crippen LogP) is 35.4. The molecular weight excluding hydrogens is 1850 g/mol. The summed E-state index contributed by atoms with van der Waals surface area (Å²) >= 11 is 0. The second kappa shape index (κ2) is 37.0. The molecule has 0 fully saturated rings. The Bertz CT molecular complexity index is 9510. The first-order valence-electron chi connectivity index (χ1n) is 49.6. The third kappa shape index (κ3) is 15.9. The molecule has 0 saturated heterocycles. The van der Waals surface area contributed by atoms with Crippen LogP contribution in [-0.2, 0) is 0 Å². The van der Waals surface area contributed by atoms with Crippen LogP contribution in [0.2, 0.25) is 0 Å². The SMILES string of the molecule is c1ccc(-c2cc(-c3ccc4c(c3)oc3c(-c5cccc6c5oc5ccccc56)cccc34)nc(-c3ccc(-c4cccnc4)cc3)n2)cc1.c1ccc(-c2nc(-c3ccc(-c4ccccn4)cc3)cc(-c3ccc4c(c3)oc3c(-c5cccc6c5oc5ccccc56)cccc34)n2)cc1.c1ccc2c(c1)oc1c(-c3cccc4c3oc3cc(-c5nc(-c6ccncc6)cc(-c6ccc(-c7ccncc7)cc6)n5)ccc34)cccc12. The molecule has 0 atom stereocenters. The molecule has 150 heavy (non-hydrogen) atoms. The quantitative estimate of drug-likeness (QED) is 0.0935. The van der Waals surface area contributed by atoms with Crippen molar-refractivity contribution in [3.8, 4) is 169 Å². The molecule has 16 heteroatoms. The van der Waals surface area contributed by atoms with Gasteiger partial charge in [-0.3, -0.25) is 19.9 Å².